The minimum absolute atomic E-state index is 0.316. The highest BCUT2D eigenvalue weighted by Crippen LogP contribution is 2.42. The predicted octanol–water partition coefficient (Wildman–Crippen LogP) is 2.06. The minimum atomic E-state index is 0.316. The van der Waals surface area contributed by atoms with Gasteiger partial charge in [-0.15, -0.1) is 0 Å². The van der Waals surface area contributed by atoms with Crippen LogP contribution < -0.4 is 5.73 Å². The lowest BCUT2D eigenvalue weighted by atomic mass is 9.81. The van der Waals surface area contributed by atoms with E-state index >= 15 is 0 Å². The molecule has 0 aromatic heterocycles. The van der Waals surface area contributed by atoms with Crippen LogP contribution in [0.25, 0.3) is 0 Å². The van der Waals surface area contributed by atoms with E-state index in [9.17, 15) is 0 Å². The topological polar surface area (TPSA) is 32.5 Å². The van der Waals surface area contributed by atoms with Crippen molar-refractivity contribution in [2.45, 2.75) is 70.0 Å². The van der Waals surface area contributed by atoms with E-state index in [2.05, 4.69) is 23.6 Å². The van der Waals surface area contributed by atoms with Gasteiger partial charge in [0.05, 0.1) is 0 Å². The second-order valence-corrected chi connectivity index (χ2v) is 7.49. The third-order valence-electron chi connectivity index (χ3n) is 5.52. The molecule has 0 radical (unpaired) electrons. The summed E-state index contributed by atoms with van der Waals surface area (Å²) in [6.45, 7) is 9.42. The zero-order valence-electron chi connectivity index (χ0n) is 12.8. The van der Waals surface area contributed by atoms with Gasteiger partial charge in [0.15, 0.2) is 0 Å². The average molecular weight is 265 g/mol. The smallest absolute Gasteiger partial charge is 0.0361 e. The van der Waals surface area contributed by atoms with Crippen molar-refractivity contribution in [2.75, 3.05) is 26.2 Å². The van der Waals surface area contributed by atoms with Crippen LogP contribution in [0.15, 0.2) is 0 Å². The Morgan fingerprint density at radius 1 is 1.26 bits per heavy atom. The van der Waals surface area contributed by atoms with E-state index in [-0.39, 0.29) is 0 Å². The number of rotatable bonds is 5. The fraction of sp³-hybridized carbons (Fsp3) is 1.00. The molecule has 2 aliphatic heterocycles. The average Bonchev–Trinajstić information content (AvgIpc) is 3.13. The SMILES string of the molecule is CC(C)CN(C1CC1)C1(CN)CCN2CCCC2C1. The van der Waals surface area contributed by atoms with Crippen molar-refractivity contribution in [3.05, 3.63) is 0 Å². The highest BCUT2D eigenvalue weighted by atomic mass is 15.3. The van der Waals surface area contributed by atoms with Crippen LogP contribution >= 0.6 is 0 Å². The van der Waals surface area contributed by atoms with Crippen LogP contribution in [0.2, 0.25) is 0 Å². The lowest BCUT2D eigenvalue weighted by molar-refractivity contribution is -0.00210. The summed E-state index contributed by atoms with van der Waals surface area (Å²) in [5.41, 5.74) is 6.62. The number of fused-ring (bicyclic) bond motifs is 1. The fourth-order valence-corrected chi connectivity index (χ4v) is 4.39. The molecule has 3 rings (SSSR count). The van der Waals surface area contributed by atoms with Crippen molar-refractivity contribution in [3.8, 4) is 0 Å². The van der Waals surface area contributed by atoms with E-state index < -0.39 is 0 Å². The van der Waals surface area contributed by atoms with Gasteiger partial charge in [0.1, 0.15) is 0 Å². The first kappa shape index (κ1) is 13.8. The highest BCUT2D eigenvalue weighted by Gasteiger charge is 2.48. The quantitative estimate of drug-likeness (QED) is 0.826. The summed E-state index contributed by atoms with van der Waals surface area (Å²) in [6, 6.07) is 1.67. The molecule has 19 heavy (non-hydrogen) atoms. The molecule has 2 unspecified atom stereocenters. The van der Waals surface area contributed by atoms with Gasteiger partial charge in [-0.25, -0.2) is 0 Å². The van der Waals surface area contributed by atoms with Crippen LogP contribution in [-0.4, -0.2) is 53.6 Å². The Bertz CT molecular complexity index is 313. The first-order chi connectivity index (χ1) is 9.14. The van der Waals surface area contributed by atoms with E-state index in [1.54, 1.807) is 0 Å². The van der Waals surface area contributed by atoms with Crippen molar-refractivity contribution >= 4 is 0 Å². The Morgan fingerprint density at radius 3 is 2.68 bits per heavy atom. The van der Waals surface area contributed by atoms with Crippen LogP contribution in [0, 0.1) is 5.92 Å². The Labute approximate surface area is 118 Å². The minimum Gasteiger partial charge on any atom is -0.329 e. The van der Waals surface area contributed by atoms with Crippen molar-refractivity contribution in [1.29, 1.82) is 0 Å². The molecule has 110 valence electrons. The highest BCUT2D eigenvalue weighted by molar-refractivity contribution is 5.05. The Morgan fingerprint density at radius 2 is 2.05 bits per heavy atom. The first-order valence-corrected chi connectivity index (χ1v) is 8.35. The Balaban J connectivity index is 1.76. The predicted molar refractivity (Wildman–Crippen MR) is 80.2 cm³/mol. The van der Waals surface area contributed by atoms with Gasteiger partial charge in [-0.3, -0.25) is 4.90 Å². The van der Waals surface area contributed by atoms with Crippen molar-refractivity contribution in [1.82, 2.24) is 9.80 Å². The maximum absolute atomic E-state index is 6.30. The van der Waals surface area contributed by atoms with Crippen molar-refractivity contribution in [2.24, 2.45) is 11.7 Å². The van der Waals surface area contributed by atoms with Crippen LogP contribution in [0.5, 0.6) is 0 Å². The number of piperidine rings is 1. The van der Waals surface area contributed by atoms with Gasteiger partial charge in [0.2, 0.25) is 0 Å². The fourth-order valence-electron chi connectivity index (χ4n) is 4.39. The molecule has 1 aliphatic carbocycles. The normalized spacial score (nSPS) is 36.2. The molecule has 0 amide bonds. The number of nitrogens with two attached hydrogens (primary N) is 1. The molecule has 2 saturated heterocycles. The molecule has 3 heteroatoms. The third kappa shape index (κ3) is 2.70. The molecular weight excluding hydrogens is 234 g/mol. The molecule has 2 N–H and O–H groups in total. The summed E-state index contributed by atoms with van der Waals surface area (Å²) < 4.78 is 0. The van der Waals surface area contributed by atoms with Crippen molar-refractivity contribution in [3.63, 3.8) is 0 Å². The van der Waals surface area contributed by atoms with E-state index in [1.165, 1.54) is 58.2 Å². The van der Waals surface area contributed by atoms with E-state index in [0.29, 0.717) is 5.54 Å². The second-order valence-electron chi connectivity index (χ2n) is 7.49. The van der Waals surface area contributed by atoms with Gasteiger partial charge < -0.3 is 10.6 Å². The van der Waals surface area contributed by atoms with Crippen LogP contribution in [0.4, 0.5) is 0 Å². The van der Waals surface area contributed by atoms with Gasteiger partial charge in [-0.1, -0.05) is 13.8 Å². The van der Waals surface area contributed by atoms with Crippen LogP contribution in [-0.2, 0) is 0 Å². The lowest BCUT2D eigenvalue weighted by Gasteiger charge is -2.51. The molecular formula is C16H31N3. The largest absolute Gasteiger partial charge is 0.329 e. The molecule has 1 saturated carbocycles. The lowest BCUT2D eigenvalue weighted by Crippen LogP contribution is -2.62. The molecule has 0 aromatic carbocycles. The van der Waals surface area contributed by atoms with Crippen LogP contribution in [0.1, 0.15) is 52.4 Å². The molecule has 2 heterocycles. The summed E-state index contributed by atoms with van der Waals surface area (Å²) in [4.78, 5) is 5.54. The van der Waals surface area contributed by atoms with E-state index in [0.717, 1.165) is 24.5 Å². The zero-order valence-corrected chi connectivity index (χ0v) is 12.8. The van der Waals surface area contributed by atoms with E-state index in [4.69, 9.17) is 5.73 Å². The van der Waals surface area contributed by atoms with Gasteiger partial charge >= 0.3 is 0 Å². The van der Waals surface area contributed by atoms with Crippen molar-refractivity contribution < 1.29 is 0 Å². The molecule has 0 bridgehead atoms. The summed E-state index contributed by atoms with van der Waals surface area (Å²) in [5, 5.41) is 0. The van der Waals surface area contributed by atoms with Gasteiger partial charge in [0.25, 0.3) is 0 Å². The summed E-state index contributed by atoms with van der Waals surface area (Å²) in [6.07, 6.45) is 8.24. The monoisotopic (exact) mass is 265 g/mol. The number of hydrogen-bond donors (Lipinski definition) is 1. The molecule has 0 spiro atoms. The second kappa shape index (κ2) is 5.34. The van der Waals surface area contributed by atoms with Gasteiger partial charge in [-0.2, -0.15) is 0 Å². The number of hydrogen-bond acceptors (Lipinski definition) is 3. The van der Waals surface area contributed by atoms with Gasteiger partial charge in [-0.05, 0) is 51.0 Å². The Hall–Kier alpha value is -0.120. The van der Waals surface area contributed by atoms with Crippen LogP contribution in [0.3, 0.4) is 0 Å². The van der Waals surface area contributed by atoms with E-state index in [1.807, 2.05) is 0 Å². The molecule has 3 nitrogen and oxygen atoms in total. The molecule has 2 atom stereocenters. The standard InChI is InChI=1S/C16H31N3/c1-13(2)11-19(14-5-6-14)16(12-17)7-9-18-8-3-4-15(18)10-16/h13-15H,3-12,17H2,1-2H3. The Kier molecular flexibility index (Phi) is 3.89. The zero-order chi connectivity index (χ0) is 13.5. The first-order valence-electron chi connectivity index (χ1n) is 8.35. The maximum atomic E-state index is 6.30. The summed E-state index contributed by atoms with van der Waals surface area (Å²) in [7, 11) is 0. The molecule has 3 aliphatic rings. The molecule has 3 fully saturated rings. The number of nitrogens with zero attached hydrogens (tertiary/aromatic N) is 2. The molecule has 0 aromatic rings. The summed E-state index contributed by atoms with van der Waals surface area (Å²) in [5.74, 6) is 0.755. The summed E-state index contributed by atoms with van der Waals surface area (Å²) >= 11 is 0. The third-order valence-corrected chi connectivity index (χ3v) is 5.52. The van der Waals surface area contributed by atoms with Gasteiger partial charge in [0, 0.05) is 37.3 Å². The maximum Gasteiger partial charge on any atom is 0.0361 e.